The second-order valence-corrected chi connectivity index (χ2v) is 4.44. The van der Waals surface area contributed by atoms with Gasteiger partial charge < -0.3 is 14.3 Å². The van der Waals surface area contributed by atoms with Gasteiger partial charge in [0.25, 0.3) is 0 Å². The topological polar surface area (TPSA) is 57.1 Å². The van der Waals surface area contributed by atoms with Gasteiger partial charge in [0.15, 0.2) is 6.29 Å². The molecule has 0 amide bonds. The van der Waals surface area contributed by atoms with E-state index in [0.29, 0.717) is 37.5 Å². The largest absolute Gasteiger partial charge is 0.395 e. The maximum Gasteiger partial charge on any atom is 0.211 e. The number of Topliss-reactive ketones (excluding diaryl/α,β-unsaturated/α-hetero) is 1. The summed E-state index contributed by atoms with van der Waals surface area (Å²) in [5.41, 5.74) is 1.91. The van der Waals surface area contributed by atoms with Crippen molar-refractivity contribution in [1.29, 1.82) is 0 Å². The molecule has 1 aliphatic rings. The minimum atomic E-state index is -0.296. The standard InChI is InChI=1S/C15H19NO4/c1-3-18-11(2)19-10-12-6-4-5-7-13(12)15(17)14-8-9-20-16-14/h4-7,11H,3,8-10H2,1-2H3. The molecule has 1 aromatic carbocycles. The number of carbonyl (C=O) groups is 1. The van der Waals surface area contributed by atoms with E-state index in [9.17, 15) is 4.79 Å². The Balaban J connectivity index is 2.07. The van der Waals surface area contributed by atoms with Gasteiger partial charge >= 0.3 is 0 Å². The lowest BCUT2D eigenvalue weighted by Gasteiger charge is -2.14. The van der Waals surface area contributed by atoms with Crippen LogP contribution in [0.3, 0.4) is 0 Å². The SMILES string of the molecule is CCOC(C)OCc1ccccc1C(=O)C1=NOCC1. The zero-order valence-corrected chi connectivity index (χ0v) is 11.8. The fraction of sp³-hybridized carbons (Fsp3) is 0.467. The summed E-state index contributed by atoms with van der Waals surface area (Å²) in [5.74, 6) is -0.0919. The van der Waals surface area contributed by atoms with Gasteiger partial charge in [-0.1, -0.05) is 29.4 Å². The number of oxime groups is 1. The van der Waals surface area contributed by atoms with Crippen LogP contribution in [-0.2, 0) is 20.9 Å². The van der Waals surface area contributed by atoms with E-state index in [1.807, 2.05) is 32.0 Å². The molecule has 1 aliphatic heterocycles. The molecule has 1 unspecified atom stereocenters. The number of ketones is 1. The Labute approximate surface area is 118 Å². The number of nitrogens with zero attached hydrogens (tertiary/aromatic N) is 1. The molecule has 0 saturated carbocycles. The lowest BCUT2D eigenvalue weighted by Crippen LogP contribution is -2.17. The highest BCUT2D eigenvalue weighted by atomic mass is 16.7. The quantitative estimate of drug-likeness (QED) is 0.567. The third kappa shape index (κ3) is 3.65. The molecule has 0 N–H and O–H groups in total. The van der Waals surface area contributed by atoms with Crippen LogP contribution in [-0.4, -0.2) is 31.0 Å². The Morgan fingerprint density at radius 2 is 2.20 bits per heavy atom. The van der Waals surface area contributed by atoms with Crippen molar-refractivity contribution in [2.45, 2.75) is 33.2 Å². The minimum absolute atomic E-state index is 0.0919. The second-order valence-electron chi connectivity index (χ2n) is 4.44. The van der Waals surface area contributed by atoms with E-state index in [-0.39, 0.29) is 12.1 Å². The average molecular weight is 277 g/mol. The van der Waals surface area contributed by atoms with Crippen LogP contribution in [0.2, 0.25) is 0 Å². The zero-order chi connectivity index (χ0) is 14.4. The van der Waals surface area contributed by atoms with Crippen LogP contribution in [0, 0.1) is 0 Å². The van der Waals surface area contributed by atoms with Crippen LogP contribution < -0.4 is 0 Å². The Hall–Kier alpha value is -1.72. The molecule has 2 rings (SSSR count). The third-order valence-electron chi connectivity index (χ3n) is 3.00. The zero-order valence-electron chi connectivity index (χ0n) is 11.8. The number of hydrogen-bond donors (Lipinski definition) is 0. The molecule has 5 heteroatoms. The Morgan fingerprint density at radius 1 is 1.40 bits per heavy atom. The van der Waals surface area contributed by atoms with Gasteiger partial charge in [0, 0.05) is 18.6 Å². The van der Waals surface area contributed by atoms with Crippen LogP contribution in [0.5, 0.6) is 0 Å². The summed E-state index contributed by atoms with van der Waals surface area (Å²) in [6, 6.07) is 7.38. The van der Waals surface area contributed by atoms with Crippen LogP contribution in [0.25, 0.3) is 0 Å². The first-order chi connectivity index (χ1) is 9.72. The first-order valence-electron chi connectivity index (χ1n) is 6.77. The van der Waals surface area contributed by atoms with Gasteiger partial charge in [0.1, 0.15) is 12.3 Å². The van der Waals surface area contributed by atoms with Crippen LogP contribution in [0.15, 0.2) is 29.4 Å². The highest BCUT2D eigenvalue weighted by Gasteiger charge is 2.21. The van der Waals surface area contributed by atoms with Crippen LogP contribution >= 0.6 is 0 Å². The lowest BCUT2D eigenvalue weighted by atomic mass is 10.00. The summed E-state index contributed by atoms with van der Waals surface area (Å²) in [5, 5.41) is 3.78. The molecule has 0 radical (unpaired) electrons. The molecular weight excluding hydrogens is 258 g/mol. The first kappa shape index (κ1) is 14.7. The molecule has 1 aromatic rings. The molecule has 20 heavy (non-hydrogen) atoms. The number of benzene rings is 1. The van der Waals surface area contributed by atoms with Crippen molar-refractivity contribution < 1.29 is 19.1 Å². The third-order valence-corrected chi connectivity index (χ3v) is 3.00. The molecule has 0 spiro atoms. The van der Waals surface area contributed by atoms with Gasteiger partial charge in [-0.2, -0.15) is 0 Å². The first-order valence-corrected chi connectivity index (χ1v) is 6.77. The molecule has 0 aliphatic carbocycles. The summed E-state index contributed by atoms with van der Waals surface area (Å²) in [4.78, 5) is 17.2. The van der Waals surface area contributed by atoms with Gasteiger partial charge in [-0.15, -0.1) is 0 Å². The fourth-order valence-corrected chi connectivity index (χ4v) is 1.98. The van der Waals surface area contributed by atoms with E-state index in [2.05, 4.69) is 5.16 Å². The van der Waals surface area contributed by atoms with Gasteiger partial charge in [0.05, 0.1) is 6.61 Å². The van der Waals surface area contributed by atoms with E-state index < -0.39 is 0 Å². The highest BCUT2D eigenvalue weighted by molar-refractivity contribution is 6.46. The highest BCUT2D eigenvalue weighted by Crippen LogP contribution is 2.15. The second kappa shape index (κ2) is 7.17. The lowest BCUT2D eigenvalue weighted by molar-refractivity contribution is -0.134. The summed E-state index contributed by atoms with van der Waals surface area (Å²) >= 11 is 0. The van der Waals surface area contributed by atoms with Crippen molar-refractivity contribution in [3.8, 4) is 0 Å². The van der Waals surface area contributed by atoms with Gasteiger partial charge in [-0.05, 0) is 19.4 Å². The normalized spacial score (nSPS) is 15.6. The Bertz CT molecular complexity index is 498. The Morgan fingerprint density at radius 3 is 2.90 bits per heavy atom. The number of hydrogen-bond acceptors (Lipinski definition) is 5. The van der Waals surface area contributed by atoms with Crippen molar-refractivity contribution in [2.75, 3.05) is 13.2 Å². The van der Waals surface area contributed by atoms with Gasteiger partial charge in [-0.25, -0.2) is 0 Å². The van der Waals surface area contributed by atoms with E-state index >= 15 is 0 Å². The molecule has 1 heterocycles. The van der Waals surface area contributed by atoms with Crippen molar-refractivity contribution in [2.24, 2.45) is 5.16 Å². The number of carbonyl (C=O) groups excluding carboxylic acids is 1. The summed E-state index contributed by atoms with van der Waals surface area (Å²) in [6.45, 7) is 5.15. The summed E-state index contributed by atoms with van der Waals surface area (Å²) < 4.78 is 10.9. The molecule has 0 aromatic heterocycles. The van der Waals surface area contributed by atoms with Crippen LogP contribution in [0.1, 0.15) is 36.2 Å². The molecule has 0 fully saturated rings. The van der Waals surface area contributed by atoms with E-state index in [1.165, 1.54) is 0 Å². The predicted octanol–water partition coefficient (Wildman–Crippen LogP) is 2.54. The molecule has 1 atom stereocenters. The van der Waals surface area contributed by atoms with E-state index in [4.69, 9.17) is 14.3 Å². The maximum atomic E-state index is 12.3. The molecule has 0 saturated heterocycles. The van der Waals surface area contributed by atoms with Crippen molar-refractivity contribution in [3.63, 3.8) is 0 Å². The van der Waals surface area contributed by atoms with Crippen molar-refractivity contribution in [3.05, 3.63) is 35.4 Å². The van der Waals surface area contributed by atoms with Crippen LogP contribution in [0.4, 0.5) is 0 Å². The minimum Gasteiger partial charge on any atom is -0.395 e. The fourth-order valence-electron chi connectivity index (χ4n) is 1.98. The molecule has 0 bridgehead atoms. The maximum absolute atomic E-state index is 12.3. The van der Waals surface area contributed by atoms with Crippen molar-refractivity contribution >= 4 is 11.5 Å². The predicted molar refractivity (Wildman–Crippen MR) is 74.7 cm³/mol. The smallest absolute Gasteiger partial charge is 0.211 e. The number of rotatable bonds is 7. The summed E-state index contributed by atoms with van der Waals surface area (Å²) in [7, 11) is 0. The van der Waals surface area contributed by atoms with Gasteiger partial charge in [-0.3, -0.25) is 4.79 Å². The Kier molecular flexibility index (Phi) is 5.26. The van der Waals surface area contributed by atoms with Gasteiger partial charge in [0.2, 0.25) is 5.78 Å². The average Bonchev–Trinajstić information content (AvgIpc) is 2.99. The number of ether oxygens (including phenoxy) is 2. The summed E-state index contributed by atoms with van der Waals surface area (Å²) in [6.07, 6.45) is 0.263. The molecule has 5 nitrogen and oxygen atoms in total. The molecule has 108 valence electrons. The van der Waals surface area contributed by atoms with E-state index in [1.54, 1.807) is 6.07 Å². The monoisotopic (exact) mass is 277 g/mol. The molecular formula is C15H19NO4. The van der Waals surface area contributed by atoms with Crippen molar-refractivity contribution in [1.82, 2.24) is 0 Å². The van der Waals surface area contributed by atoms with E-state index in [0.717, 1.165) is 5.56 Å².